The van der Waals surface area contributed by atoms with Crippen molar-refractivity contribution in [1.82, 2.24) is 0 Å². The van der Waals surface area contributed by atoms with Crippen molar-refractivity contribution in [2.75, 3.05) is 12.4 Å². The summed E-state index contributed by atoms with van der Waals surface area (Å²) in [5.74, 6) is -0.312. The Bertz CT molecular complexity index is 165. The van der Waals surface area contributed by atoms with Gasteiger partial charge in [-0.3, -0.25) is 0 Å². The van der Waals surface area contributed by atoms with E-state index in [9.17, 15) is 13.0 Å². The SMILES string of the molecule is O=S(=O)([O-])CCCCCO.[Na+]. The summed E-state index contributed by atoms with van der Waals surface area (Å²) in [6.07, 6.45) is 1.51. The molecule has 0 aliphatic carbocycles. The first kappa shape index (κ1) is 14.4. The van der Waals surface area contributed by atoms with Gasteiger partial charge in [-0.15, -0.1) is 0 Å². The Morgan fingerprint density at radius 3 is 2.09 bits per heavy atom. The van der Waals surface area contributed by atoms with E-state index in [1.54, 1.807) is 0 Å². The normalized spacial score (nSPS) is 10.7. The van der Waals surface area contributed by atoms with E-state index in [0.29, 0.717) is 19.3 Å². The van der Waals surface area contributed by atoms with Gasteiger partial charge in [-0.25, -0.2) is 8.42 Å². The molecule has 4 nitrogen and oxygen atoms in total. The Kier molecular flexibility index (Phi) is 9.84. The first-order chi connectivity index (χ1) is 4.56. The average Bonchev–Trinajstić information content (AvgIpc) is 1.78. The molecule has 0 aliphatic rings. The molecule has 0 spiro atoms. The van der Waals surface area contributed by atoms with Gasteiger partial charge in [0.05, 0.1) is 10.1 Å². The average molecular weight is 190 g/mol. The van der Waals surface area contributed by atoms with E-state index in [1.807, 2.05) is 0 Å². The zero-order valence-electron chi connectivity index (χ0n) is 6.62. The third-order valence-corrected chi connectivity index (χ3v) is 1.84. The molecule has 0 atom stereocenters. The first-order valence-corrected chi connectivity index (χ1v) is 4.68. The van der Waals surface area contributed by atoms with Crippen LogP contribution in [0, 0.1) is 0 Å². The minimum atomic E-state index is -4.04. The molecule has 1 N–H and O–H groups in total. The van der Waals surface area contributed by atoms with Crippen molar-refractivity contribution in [2.24, 2.45) is 0 Å². The minimum absolute atomic E-state index is 0. The monoisotopic (exact) mass is 190 g/mol. The summed E-state index contributed by atoms with van der Waals surface area (Å²) in [5, 5.41) is 8.27. The smallest absolute Gasteiger partial charge is 0.748 e. The van der Waals surface area contributed by atoms with Crippen LogP contribution in [-0.4, -0.2) is 30.4 Å². The maximum atomic E-state index is 9.98. The van der Waals surface area contributed by atoms with Crippen LogP contribution in [0.2, 0.25) is 0 Å². The third-order valence-electron chi connectivity index (χ3n) is 1.05. The van der Waals surface area contributed by atoms with E-state index < -0.39 is 10.1 Å². The maximum Gasteiger partial charge on any atom is 1.00 e. The van der Waals surface area contributed by atoms with Crippen molar-refractivity contribution in [3.63, 3.8) is 0 Å². The fourth-order valence-corrected chi connectivity index (χ4v) is 1.13. The second-order valence-electron chi connectivity index (χ2n) is 2.05. The van der Waals surface area contributed by atoms with Crippen LogP contribution in [0.25, 0.3) is 0 Å². The molecule has 11 heavy (non-hydrogen) atoms. The molecule has 62 valence electrons. The molecule has 0 radical (unpaired) electrons. The topological polar surface area (TPSA) is 77.4 Å². The molecule has 0 aromatic heterocycles. The predicted octanol–water partition coefficient (Wildman–Crippen LogP) is -3.30. The van der Waals surface area contributed by atoms with E-state index in [-0.39, 0.29) is 41.9 Å². The summed E-state index contributed by atoms with van der Waals surface area (Å²) in [7, 11) is -4.04. The minimum Gasteiger partial charge on any atom is -0.748 e. The zero-order chi connectivity index (χ0) is 8.04. The van der Waals surface area contributed by atoms with Gasteiger partial charge < -0.3 is 9.66 Å². The van der Waals surface area contributed by atoms with Crippen LogP contribution >= 0.6 is 0 Å². The number of aliphatic hydroxyl groups excluding tert-OH is 1. The van der Waals surface area contributed by atoms with Gasteiger partial charge in [0.15, 0.2) is 0 Å². The van der Waals surface area contributed by atoms with Gasteiger partial charge >= 0.3 is 29.6 Å². The molecular formula is C5H11NaO4S. The summed E-state index contributed by atoms with van der Waals surface area (Å²) in [6.45, 7) is 0.0545. The van der Waals surface area contributed by atoms with Crippen LogP contribution in [0.15, 0.2) is 0 Å². The molecule has 0 unspecified atom stereocenters. The molecule has 0 heterocycles. The van der Waals surface area contributed by atoms with Gasteiger partial charge in [-0.1, -0.05) is 6.42 Å². The number of rotatable bonds is 5. The Hall–Kier alpha value is 0.870. The number of unbranched alkanes of at least 4 members (excludes halogenated alkanes) is 2. The number of aliphatic hydroxyl groups is 1. The van der Waals surface area contributed by atoms with E-state index in [4.69, 9.17) is 5.11 Å². The molecule has 0 amide bonds. The Labute approximate surface area is 89.0 Å². The van der Waals surface area contributed by atoms with Gasteiger partial charge in [0.2, 0.25) is 0 Å². The van der Waals surface area contributed by atoms with Crippen LogP contribution < -0.4 is 29.6 Å². The molecule has 0 rings (SSSR count). The number of hydrogen-bond acceptors (Lipinski definition) is 4. The van der Waals surface area contributed by atoms with Crippen LogP contribution in [0.3, 0.4) is 0 Å². The molecule has 0 bridgehead atoms. The second-order valence-corrected chi connectivity index (χ2v) is 3.57. The molecule has 0 saturated heterocycles. The summed E-state index contributed by atoms with van der Waals surface area (Å²) in [4.78, 5) is 0. The van der Waals surface area contributed by atoms with Gasteiger partial charge in [-0.05, 0) is 12.8 Å². The van der Waals surface area contributed by atoms with Crippen molar-refractivity contribution in [3.05, 3.63) is 0 Å². The largest absolute Gasteiger partial charge is 1.00 e. The van der Waals surface area contributed by atoms with Crippen LogP contribution in [0.4, 0.5) is 0 Å². The van der Waals surface area contributed by atoms with E-state index in [2.05, 4.69) is 0 Å². The van der Waals surface area contributed by atoms with E-state index in [0.717, 1.165) is 0 Å². The third kappa shape index (κ3) is 13.8. The molecule has 0 aromatic carbocycles. The first-order valence-electron chi connectivity index (χ1n) is 3.10. The molecule has 0 fully saturated rings. The van der Waals surface area contributed by atoms with Crippen molar-refractivity contribution in [2.45, 2.75) is 19.3 Å². The van der Waals surface area contributed by atoms with Gasteiger partial charge in [0.1, 0.15) is 0 Å². The fraction of sp³-hybridized carbons (Fsp3) is 1.00. The van der Waals surface area contributed by atoms with E-state index in [1.165, 1.54) is 0 Å². The van der Waals surface area contributed by atoms with Gasteiger partial charge in [-0.2, -0.15) is 0 Å². The standard InChI is InChI=1S/C5H12O4S.Na/c6-4-2-1-3-5-10(7,8)9;/h6H,1-5H2,(H,7,8,9);/q;+1/p-1. The van der Waals surface area contributed by atoms with Crippen molar-refractivity contribution in [1.29, 1.82) is 0 Å². The maximum absolute atomic E-state index is 9.98. The van der Waals surface area contributed by atoms with Gasteiger partial charge in [0.25, 0.3) is 0 Å². The Balaban J connectivity index is 0. The molecule has 0 aromatic rings. The Morgan fingerprint density at radius 1 is 1.18 bits per heavy atom. The van der Waals surface area contributed by atoms with Crippen LogP contribution in [0.5, 0.6) is 0 Å². The fourth-order valence-electron chi connectivity index (χ4n) is 0.567. The summed E-state index contributed by atoms with van der Waals surface area (Å²) < 4.78 is 29.9. The molecule has 0 saturated carbocycles. The van der Waals surface area contributed by atoms with Crippen molar-refractivity contribution >= 4 is 10.1 Å². The second kappa shape index (κ2) is 7.52. The van der Waals surface area contributed by atoms with Crippen LogP contribution in [0.1, 0.15) is 19.3 Å². The quantitative estimate of drug-likeness (QED) is 0.280. The van der Waals surface area contributed by atoms with Crippen molar-refractivity contribution < 1.29 is 47.6 Å². The van der Waals surface area contributed by atoms with Crippen LogP contribution in [-0.2, 0) is 10.1 Å². The summed E-state index contributed by atoms with van der Waals surface area (Å²) >= 11 is 0. The summed E-state index contributed by atoms with van der Waals surface area (Å²) in [6, 6.07) is 0. The van der Waals surface area contributed by atoms with Gasteiger partial charge in [0, 0.05) is 12.4 Å². The summed E-state index contributed by atoms with van der Waals surface area (Å²) in [5.41, 5.74) is 0. The molecule has 6 heteroatoms. The van der Waals surface area contributed by atoms with Crippen molar-refractivity contribution in [3.8, 4) is 0 Å². The van der Waals surface area contributed by atoms with E-state index >= 15 is 0 Å². The predicted molar refractivity (Wildman–Crippen MR) is 35.5 cm³/mol. The zero-order valence-corrected chi connectivity index (χ0v) is 9.43. The molecule has 0 aliphatic heterocycles. The Morgan fingerprint density at radius 2 is 1.73 bits per heavy atom. The molecular weight excluding hydrogens is 179 g/mol. The number of hydrogen-bond donors (Lipinski definition) is 1.